The quantitative estimate of drug-likeness (QED) is 0.894. The molecule has 1 aromatic rings. The lowest BCUT2D eigenvalue weighted by Gasteiger charge is -2.33. The van der Waals surface area contributed by atoms with Crippen molar-refractivity contribution in [1.29, 1.82) is 0 Å². The molecule has 0 aliphatic carbocycles. The minimum Gasteiger partial charge on any atom is -0.326 e. The summed E-state index contributed by atoms with van der Waals surface area (Å²) >= 11 is 3.43. The molecule has 0 aromatic heterocycles. The Bertz CT molecular complexity index is 543. The van der Waals surface area contributed by atoms with Gasteiger partial charge in [0.15, 0.2) is 9.84 Å². The Kier molecular flexibility index (Phi) is 5.23. The van der Waals surface area contributed by atoms with Gasteiger partial charge < -0.3 is 5.73 Å². The second-order valence-electron chi connectivity index (χ2n) is 5.40. The van der Waals surface area contributed by atoms with E-state index in [1.807, 2.05) is 19.1 Å². The average molecular weight is 361 g/mol. The maximum absolute atomic E-state index is 11.7. The van der Waals surface area contributed by atoms with E-state index in [2.05, 4.69) is 33.0 Å². The first kappa shape index (κ1) is 15.9. The van der Waals surface area contributed by atoms with Crippen molar-refractivity contribution in [2.75, 3.05) is 24.6 Å². The molecule has 1 aromatic carbocycles. The molecule has 0 radical (unpaired) electrons. The molecular formula is C14H21BrN2O2S. The molecule has 112 valence electrons. The van der Waals surface area contributed by atoms with Gasteiger partial charge in [0.2, 0.25) is 0 Å². The Hall–Kier alpha value is -0.430. The highest BCUT2D eigenvalue weighted by Gasteiger charge is 2.28. The second-order valence-corrected chi connectivity index (χ2v) is 8.62. The molecule has 20 heavy (non-hydrogen) atoms. The zero-order valence-electron chi connectivity index (χ0n) is 11.6. The number of sulfone groups is 1. The van der Waals surface area contributed by atoms with Gasteiger partial charge in [-0.05, 0) is 37.6 Å². The lowest BCUT2D eigenvalue weighted by atomic mass is 9.99. The second kappa shape index (κ2) is 6.56. The van der Waals surface area contributed by atoms with Gasteiger partial charge in [-0.2, -0.15) is 0 Å². The molecule has 2 unspecified atom stereocenters. The molecule has 1 heterocycles. The highest BCUT2D eigenvalue weighted by atomic mass is 79.9. The minimum atomic E-state index is -2.89. The molecule has 0 saturated carbocycles. The summed E-state index contributed by atoms with van der Waals surface area (Å²) in [5, 5.41) is 0. The third-order valence-corrected chi connectivity index (χ3v) is 5.94. The summed E-state index contributed by atoms with van der Waals surface area (Å²) in [6.45, 7) is 3.32. The van der Waals surface area contributed by atoms with Crippen LogP contribution in [0.1, 0.15) is 24.9 Å². The van der Waals surface area contributed by atoms with Crippen molar-refractivity contribution in [1.82, 2.24) is 4.90 Å². The molecule has 0 amide bonds. The fraction of sp³-hybridized carbons (Fsp3) is 0.571. The van der Waals surface area contributed by atoms with E-state index in [4.69, 9.17) is 5.73 Å². The molecule has 4 nitrogen and oxygen atoms in total. The van der Waals surface area contributed by atoms with E-state index in [1.165, 1.54) is 0 Å². The summed E-state index contributed by atoms with van der Waals surface area (Å²) in [4.78, 5) is 2.21. The van der Waals surface area contributed by atoms with Crippen molar-refractivity contribution in [2.24, 2.45) is 5.73 Å². The topological polar surface area (TPSA) is 63.4 Å². The maximum atomic E-state index is 11.7. The van der Waals surface area contributed by atoms with E-state index in [1.54, 1.807) is 0 Å². The summed E-state index contributed by atoms with van der Waals surface area (Å²) in [5.74, 6) is 0.516. The van der Waals surface area contributed by atoms with Crippen LogP contribution in [0.2, 0.25) is 0 Å². The van der Waals surface area contributed by atoms with Crippen LogP contribution in [0.25, 0.3) is 0 Å². The van der Waals surface area contributed by atoms with E-state index < -0.39 is 9.84 Å². The molecule has 2 atom stereocenters. The van der Waals surface area contributed by atoms with E-state index in [0.29, 0.717) is 13.0 Å². The number of benzene rings is 1. The standard InChI is InChI=1S/C14H21BrN2O2S/c1-11(16)14(12-3-5-13(15)6-4-12)17-7-2-9-20(18,19)10-8-17/h3-6,11,14H,2,7-10,16H2,1H3. The molecule has 0 spiro atoms. The van der Waals surface area contributed by atoms with Crippen molar-refractivity contribution < 1.29 is 8.42 Å². The molecule has 2 rings (SSSR count). The highest BCUT2D eigenvalue weighted by Crippen LogP contribution is 2.26. The van der Waals surface area contributed by atoms with Crippen molar-refractivity contribution in [3.05, 3.63) is 34.3 Å². The van der Waals surface area contributed by atoms with E-state index in [0.717, 1.165) is 16.6 Å². The van der Waals surface area contributed by atoms with Crippen LogP contribution in [-0.4, -0.2) is 44.0 Å². The van der Waals surface area contributed by atoms with E-state index in [9.17, 15) is 8.42 Å². The predicted octanol–water partition coefficient (Wildman–Crippen LogP) is 1.96. The fourth-order valence-electron chi connectivity index (χ4n) is 2.74. The molecule has 1 saturated heterocycles. The summed E-state index contributed by atoms with van der Waals surface area (Å²) in [6.07, 6.45) is 0.683. The molecule has 2 N–H and O–H groups in total. The normalized spacial score (nSPS) is 22.9. The van der Waals surface area contributed by atoms with Gasteiger partial charge in [-0.25, -0.2) is 8.42 Å². The van der Waals surface area contributed by atoms with Crippen LogP contribution in [0, 0.1) is 0 Å². The van der Waals surface area contributed by atoms with Crippen LogP contribution in [0.15, 0.2) is 28.7 Å². The number of halogens is 1. The van der Waals surface area contributed by atoms with Crippen LogP contribution < -0.4 is 5.73 Å². The third-order valence-electron chi connectivity index (χ3n) is 3.69. The predicted molar refractivity (Wildman–Crippen MR) is 85.4 cm³/mol. The number of hydrogen-bond donors (Lipinski definition) is 1. The lowest BCUT2D eigenvalue weighted by molar-refractivity contribution is 0.190. The SMILES string of the molecule is CC(N)C(c1ccc(Br)cc1)N1CCCS(=O)(=O)CC1. The van der Waals surface area contributed by atoms with Gasteiger partial charge in [0.25, 0.3) is 0 Å². The Balaban J connectivity index is 2.22. The highest BCUT2D eigenvalue weighted by molar-refractivity contribution is 9.10. The van der Waals surface area contributed by atoms with Crippen LogP contribution in [-0.2, 0) is 9.84 Å². The van der Waals surface area contributed by atoms with E-state index in [-0.39, 0.29) is 23.6 Å². The minimum absolute atomic E-state index is 0.0445. The van der Waals surface area contributed by atoms with Gasteiger partial charge in [-0.15, -0.1) is 0 Å². The van der Waals surface area contributed by atoms with Gasteiger partial charge in [-0.3, -0.25) is 4.90 Å². The van der Waals surface area contributed by atoms with Gasteiger partial charge in [0, 0.05) is 23.1 Å². The molecular weight excluding hydrogens is 340 g/mol. The summed E-state index contributed by atoms with van der Waals surface area (Å²) in [6, 6.07) is 8.13. The number of nitrogens with zero attached hydrogens (tertiary/aromatic N) is 1. The smallest absolute Gasteiger partial charge is 0.151 e. The molecule has 1 fully saturated rings. The van der Waals surface area contributed by atoms with Gasteiger partial charge in [0.05, 0.1) is 11.5 Å². The fourth-order valence-corrected chi connectivity index (χ4v) is 4.29. The van der Waals surface area contributed by atoms with Crippen molar-refractivity contribution in [3.8, 4) is 0 Å². The largest absolute Gasteiger partial charge is 0.326 e. The Morgan fingerprint density at radius 1 is 1.20 bits per heavy atom. The first-order valence-electron chi connectivity index (χ1n) is 6.84. The first-order chi connectivity index (χ1) is 9.39. The Morgan fingerprint density at radius 3 is 2.45 bits per heavy atom. The number of nitrogens with two attached hydrogens (primary N) is 1. The molecule has 1 aliphatic rings. The number of rotatable bonds is 3. The average Bonchev–Trinajstić information content (AvgIpc) is 2.53. The van der Waals surface area contributed by atoms with Gasteiger partial charge in [-0.1, -0.05) is 28.1 Å². The summed E-state index contributed by atoms with van der Waals surface area (Å²) < 4.78 is 24.5. The molecule has 1 aliphatic heterocycles. The third kappa shape index (κ3) is 4.04. The zero-order chi connectivity index (χ0) is 14.8. The van der Waals surface area contributed by atoms with Gasteiger partial charge in [0.1, 0.15) is 0 Å². The van der Waals surface area contributed by atoms with Crippen molar-refractivity contribution >= 4 is 25.8 Å². The summed E-state index contributed by atoms with van der Waals surface area (Å²) in [5.41, 5.74) is 7.29. The monoisotopic (exact) mass is 360 g/mol. The van der Waals surface area contributed by atoms with Crippen LogP contribution in [0.4, 0.5) is 0 Å². The number of hydrogen-bond acceptors (Lipinski definition) is 4. The summed E-state index contributed by atoms with van der Waals surface area (Å²) in [7, 11) is -2.89. The lowest BCUT2D eigenvalue weighted by Crippen LogP contribution is -2.41. The van der Waals surface area contributed by atoms with Crippen LogP contribution in [0.3, 0.4) is 0 Å². The van der Waals surface area contributed by atoms with Crippen molar-refractivity contribution in [3.63, 3.8) is 0 Å². The Labute approximate surface area is 129 Å². The first-order valence-corrected chi connectivity index (χ1v) is 9.46. The van der Waals surface area contributed by atoms with E-state index >= 15 is 0 Å². The van der Waals surface area contributed by atoms with Crippen molar-refractivity contribution in [2.45, 2.75) is 25.4 Å². The van der Waals surface area contributed by atoms with Gasteiger partial charge >= 0.3 is 0 Å². The van der Waals surface area contributed by atoms with Crippen LogP contribution in [0.5, 0.6) is 0 Å². The maximum Gasteiger partial charge on any atom is 0.151 e. The molecule has 0 bridgehead atoms. The Morgan fingerprint density at radius 2 is 1.85 bits per heavy atom. The van der Waals surface area contributed by atoms with Crippen LogP contribution >= 0.6 is 15.9 Å². The molecule has 6 heteroatoms. The zero-order valence-corrected chi connectivity index (χ0v) is 14.0.